The first kappa shape index (κ1) is 19.7. The molecule has 0 atom stereocenters. The Bertz CT molecular complexity index is 570. The Morgan fingerprint density at radius 2 is 1.29 bits per heavy atom. The number of rotatable bonds is 6. The lowest BCUT2D eigenvalue weighted by molar-refractivity contribution is -0.143. The molecule has 0 aliphatic rings. The molecule has 0 spiro atoms. The van der Waals surface area contributed by atoms with Gasteiger partial charge >= 0.3 is 11.8 Å². The summed E-state index contributed by atoms with van der Waals surface area (Å²) in [6, 6.07) is 6.63. The van der Waals surface area contributed by atoms with Crippen LogP contribution < -0.4 is 10.6 Å². The van der Waals surface area contributed by atoms with E-state index in [1.165, 1.54) is 6.92 Å². The topological polar surface area (TPSA) is 78.5 Å². The van der Waals surface area contributed by atoms with Crippen molar-refractivity contribution >= 4 is 29.1 Å². The van der Waals surface area contributed by atoms with E-state index in [-0.39, 0.29) is 17.7 Å². The number of amides is 3. The Morgan fingerprint density at radius 3 is 1.67 bits per heavy atom. The molecule has 0 heterocycles. The molecular weight excluding hydrogens is 306 g/mol. The van der Waals surface area contributed by atoms with Gasteiger partial charge in [0.15, 0.2) is 0 Å². The third-order valence-corrected chi connectivity index (χ3v) is 3.12. The lowest BCUT2D eigenvalue weighted by Gasteiger charge is -2.25. The molecule has 0 aliphatic carbocycles. The second-order valence-electron chi connectivity index (χ2n) is 6.71. The van der Waals surface area contributed by atoms with Crippen LogP contribution in [-0.2, 0) is 14.4 Å². The van der Waals surface area contributed by atoms with E-state index in [4.69, 9.17) is 0 Å². The quantitative estimate of drug-likeness (QED) is 0.786. The average molecular weight is 333 g/mol. The van der Waals surface area contributed by atoms with Crippen LogP contribution in [0.4, 0.5) is 11.4 Å². The van der Waals surface area contributed by atoms with Crippen molar-refractivity contribution in [2.24, 2.45) is 11.8 Å². The summed E-state index contributed by atoms with van der Waals surface area (Å²) in [6.07, 6.45) is 0. The molecule has 0 saturated carbocycles. The van der Waals surface area contributed by atoms with Crippen molar-refractivity contribution in [3.63, 3.8) is 0 Å². The summed E-state index contributed by atoms with van der Waals surface area (Å²) >= 11 is 0. The van der Waals surface area contributed by atoms with Gasteiger partial charge in [0.2, 0.25) is 5.91 Å². The van der Waals surface area contributed by atoms with Crippen molar-refractivity contribution in [3.05, 3.63) is 24.3 Å². The van der Waals surface area contributed by atoms with Crippen molar-refractivity contribution in [1.29, 1.82) is 0 Å². The van der Waals surface area contributed by atoms with E-state index in [0.29, 0.717) is 24.5 Å². The first-order valence-electron chi connectivity index (χ1n) is 8.17. The van der Waals surface area contributed by atoms with Crippen LogP contribution in [0.3, 0.4) is 0 Å². The van der Waals surface area contributed by atoms with Gasteiger partial charge < -0.3 is 15.5 Å². The molecule has 0 aromatic heterocycles. The fourth-order valence-electron chi connectivity index (χ4n) is 2.29. The van der Waals surface area contributed by atoms with E-state index in [1.807, 2.05) is 27.7 Å². The zero-order valence-corrected chi connectivity index (χ0v) is 15.1. The van der Waals surface area contributed by atoms with Gasteiger partial charge in [0, 0.05) is 31.4 Å². The zero-order valence-electron chi connectivity index (χ0n) is 15.1. The summed E-state index contributed by atoms with van der Waals surface area (Å²) in [4.78, 5) is 37.2. The molecule has 0 aliphatic heterocycles. The summed E-state index contributed by atoms with van der Waals surface area (Å²) in [5.74, 6) is -0.762. The zero-order chi connectivity index (χ0) is 18.3. The van der Waals surface area contributed by atoms with Crippen LogP contribution in [0.1, 0.15) is 34.6 Å². The molecule has 1 aromatic carbocycles. The molecule has 6 nitrogen and oxygen atoms in total. The van der Waals surface area contributed by atoms with Gasteiger partial charge in [-0.05, 0) is 36.1 Å². The molecule has 1 rings (SSSR count). The first-order chi connectivity index (χ1) is 11.2. The van der Waals surface area contributed by atoms with Crippen molar-refractivity contribution in [1.82, 2.24) is 4.90 Å². The van der Waals surface area contributed by atoms with Gasteiger partial charge in [-0.3, -0.25) is 14.4 Å². The predicted octanol–water partition coefficient (Wildman–Crippen LogP) is 2.72. The molecule has 0 bridgehead atoms. The van der Waals surface area contributed by atoms with Crippen LogP contribution in [0.5, 0.6) is 0 Å². The molecule has 132 valence electrons. The van der Waals surface area contributed by atoms with Crippen molar-refractivity contribution in [2.75, 3.05) is 23.7 Å². The molecule has 24 heavy (non-hydrogen) atoms. The number of anilines is 2. The highest BCUT2D eigenvalue weighted by molar-refractivity contribution is 6.39. The Labute approximate surface area is 143 Å². The van der Waals surface area contributed by atoms with Gasteiger partial charge in [0.1, 0.15) is 0 Å². The van der Waals surface area contributed by atoms with Crippen LogP contribution in [0.25, 0.3) is 0 Å². The predicted molar refractivity (Wildman–Crippen MR) is 95.6 cm³/mol. The maximum absolute atomic E-state index is 12.4. The lowest BCUT2D eigenvalue weighted by atomic mass is 10.1. The molecule has 2 N–H and O–H groups in total. The Hall–Kier alpha value is -2.37. The molecular formula is C18H27N3O3. The van der Waals surface area contributed by atoms with Gasteiger partial charge in [-0.1, -0.05) is 27.7 Å². The van der Waals surface area contributed by atoms with E-state index in [0.717, 1.165) is 0 Å². The van der Waals surface area contributed by atoms with Crippen molar-refractivity contribution in [2.45, 2.75) is 34.6 Å². The molecule has 3 amide bonds. The van der Waals surface area contributed by atoms with Crippen LogP contribution in [0.2, 0.25) is 0 Å². The smallest absolute Gasteiger partial charge is 0.313 e. The SMILES string of the molecule is CC(=O)Nc1ccc(NC(=O)C(=O)N(CC(C)C)CC(C)C)cc1. The van der Waals surface area contributed by atoms with Crippen LogP contribution >= 0.6 is 0 Å². The summed E-state index contributed by atoms with van der Waals surface area (Å²) < 4.78 is 0. The van der Waals surface area contributed by atoms with Gasteiger partial charge in [-0.15, -0.1) is 0 Å². The normalized spacial score (nSPS) is 10.6. The number of benzene rings is 1. The molecule has 1 aromatic rings. The van der Waals surface area contributed by atoms with Crippen molar-refractivity contribution in [3.8, 4) is 0 Å². The Balaban J connectivity index is 2.73. The van der Waals surface area contributed by atoms with Crippen molar-refractivity contribution < 1.29 is 14.4 Å². The third-order valence-electron chi connectivity index (χ3n) is 3.12. The average Bonchev–Trinajstić information content (AvgIpc) is 2.46. The minimum atomic E-state index is -0.649. The lowest BCUT2D eigenvalue weighted by Crippen LogP contribution is -2.43. The van der Waals surface area contributed by atoms with Crippen LogP contribution in [0, 0.1) is 11.8 Å². The van der Waals surface area contributed by atoms with E-state index in [1.54, 1.807) is 29.2 Å². The number of nitrogens with zero attached hydrogens (tertiary/aromatic N) is 1. The first-order valence-corrected chi connectivity index (χ1v) is 8.17. The van der Waals surface area contributed by atoms with Gasteiger partial charge in [-0.25, -0.2) is 0 Å². The van der Waals surface area contributed by atoms with Gasteiger partial charge in [0.05, 0.1) is 0 Å². The number of nitrogens with one attached hydrogen (secondary N) is 2. The van der Waals surface area contributed by atoms with E-state index < -0.39 is 11.8 Å². The molecule has 0 saturated heterocycles. The standard InChI is InChI=1S/C18H27N3O3/c1-12(2)10-21(11-13(3)4)18(24)17(23)20-16-8-6-15(7-9-16)19-14(5)22/h6-9,12-13H,10-11H2,1-5H3,(H,19,22)(H,20,23). The molecule has 0 unspecified atom stereocenters. The highest BCUT2D eigenvalue weighted by atomic mass is 16.2. The summed E-state index contributed by atoms with van der Waals surface area (Å²) in [7, 11) is 0. The second-order valence-corrected chi connectivity index (χ2v) is 6.71. The summed E-state index contributed by atoms with van der Waals surface area (Å²) in [5.41, 5.74) is 1.14. The van der Waals surface area contributed by atoms with Crippen LogP contribution in [-0.4, -0.2) is 35.7 Å². The maximum atomic E-state index is 12.4. The van der Waals surface area contributed by atoms with Gasteiger partial charge in [0.25, 0.3) is 0 Å². The minimum absolute atomic E-state index is 0.167. The summed E-state index contributed by atoms with van der Waals surface area (Å²) in [5, 5.41) is 5.25. The number of hydrogen-bond donors (Lipinski definition) is 2. The highest BCUT2D eigenvalue weighted by Crippen LogP contribution is 2.14. The second kappa shape index (κ2) is 9.05. The van der Waals surface area contributed by atoms with E-state index in [2.05, 4.69) is 10.6 Å². The molecule has 0 radical (unpaired) electrons. The van der Waals surface area contributed by atoms with Gasteiger partial charge in [-0.2, -0.15) is 0 Å². The fraction of sp³-hybridized carbons (Fsp3) is 0.500. The third kappa shape index (κ3) is 6.81. The summed E-state index contributed by atoms with van der Waals surface area (Å²) in [6.45, 7) is 10.6. The largest absolute Gasteiger partial charge is 0.334 e. The Kier molecular flexibility index (Phi) is 7.42. The Morgan fingerprint density at radius 1 is 0.875 bits per heavy atom. The van der Waals surface area contributed by atoms with Crippen LogP contribution in [0.15, 0.2) is 24.3 Å². The number of carbonyl (C=O) groups excluding carboxylic acids is 3. The number of carbonyl (C=O) groups is 3. The van der Waals surface area contributed by atoms with E-state index >= 15 is 0 Å². The monoisotopic (exact) mass is 333 g/mol. The maximum Gasteiger partial charge on any atom is 0.313 e. The molecule has 6 heteroatoms. The molecule has 0 fully saturated rings. The van der Waals surface area contributed by atoms with E-state index in [9.17, 15) is 14.4 Å². The number of hydrogen-bond acceptors (Lipinski definition) is 3. The fourth-order valence-corrected chi connectivity index (χ4v) is 2.29. The minimum Gasteiger partial charge on any atom is -0.334 e. The highest BCUT2D eigenvalue weighted by Gasteiger charge is 2.23.